The summed E-state index contributed by atoms with van der Waals surface area (Å²) in [5.74, 6) is -1.07. The Morgan fingerprint density at radius 2 is 2.24 bits per heavy atom. The van der Waals surface area contributed by atoms with Gasteiger partial charge in [0.2, 0.25) is 10.0 Å². The van der Waals surface area contributed by atoms with Gasteiger partial charge >= 0.3 is 0 Å². The third kappa shape index (κ3) is 3.23. The van der Waals surface area contributed by atoms with Crippen LogP contribution in [0.4, 0.5) is 4.39 Å². The molecule has 1 aromatic rings. The first-order valence-electron chi connectivity index (χ1n) is 6.74. The van der Waals surface area contributed by atoms with E-state index in [0.717, 1.165) is 18.6 Å². The minimum atomic E-state index is -3.95. The molecule has 2 atom stereocenters. The zero-order valence-corrected chi connectivity index (χ0v) is 12.5. The number of aliphatic hydroxyl groups excluding tert-OH is 1. The Kier molecular flexibility index (Phi) is 4.61. The lowest BCUT2D eigenvalue weighted by molar-refractivity contribution is 0.0885. The molecule has 1 aliphatic heterocycles. The van der Waals surface area contributed by atoms with Gasteiger partial charge in [0.15, 0.2) is 0 Å². The molecule has 1 heterocycles. The summed E-state index contributed by atoms with van der Waals surface area (Å²) in [4.78, 5) is -0.423. The second kappa shape index (κ2) is 6.10. The summed E-state index contributed by atoms with van der Waals surface area (Å²) in [6, 6.07) is 5.09. The van der Waals surface area contributed by atoms with Crippen molar-refractivity contribution in [1.82, 2.24) is 4.31 Å². The SMILES string of the molecule is CC(O)C1CCCN(S(=O)(=O)c2ccc(C#N)cc2F)C1. The molecular formula is C14H17FN2O3S. The fraction of sp³-hybridized carbons (Fsp3) is 0.500. The number of nitrogens with zero attached hydrogens (tertiary/aromatic N) is 2. The van der Waals surface area contributed by atoms with Gasteiger partial charge < -0.3 is 5.11 Å². The molecular weight excluding hydrogens is 295 g/mol. The molecule has 0 radical (unpaired) electrons. The Balaban J connectivity index is 2.32. The standard InChI is InChI=1S/C14H17FN2O3S/c1-10(18)12-3-2-6-17(9-12)21(19,20)14-5-4-11(8-16)7-13(14)15/h4-5,7,10,12,18H,2-3,6,9H2,1H3. The van der Waals surface area contributed by atoms with Gasteiger partial charge in [0, 0.05) is 13.1 Å². The van der Waals surface area contributed by atoms with Crippen LogP contribution < -0.4 is 0 Å². The molecule has 2 unspecified atom stereocenters. The normalized spacial score (nSPS) is 21.7. The molecule has 0 aliphatic carbocycles. The molecule has 1 aliphatic rings. The number of benzene rings is 1. The highest BCUT2D eigenvalue weighted by Gasteiger charge is 2.33. The maximum absolute atomic E-state index is 13.9. The molecule has 0 aromatic heterocycles. The lowest BCUT2D eigenvalue weighted by Gasteiger charge is -2.33. The Labute approximate surface area is 123 Å². The number of hydrogen-bond acceptors (Lipinski definition) is 4. The predicted octanol–water partition coefficient (Wildman–Crippen LogP) is 1.48. The lowest BCUT2D eigenvalue weighted by Crippen LogP contribution is -2.43. The van der Waals surface area contributed by atoms with Gasteiger partial charge in [-0.25, -0.2) is 12.8 Å². The number of nitriles is 1. The van der Waals surface area contributed by atoms with E-state index in [9.17, 15) is 17.9 Å². The van der Waals surface area contributed by atoms with E-state index in [-0.39, 0.29) is 18.0 Å². The largest absolute Gasteiger partial charge is 0.393 e. The summed E-state index contributed by atoms with van der Waals surface area (Å²) < 4.78 is 40.1. The van der Waals surface area contributed by atoms with Crippen molar-refractivity contribution >= 4 is 10.0 Å². The van der Waals surface area contributed by atoms with Crippen LogP contribution in [0, 0.1) is 23.1 Å². The number of hydrogen-bond donors (Lipinski definition) is 1. The second-order valence-electron chi connectivity index (χ2n) is 5.26. The van der Waals surface area contributed by atoms with Crippen LogP contribution in [-0.2, 0) is 10.0 Å². The molecule has 1 aromatic carbocycles. The highest BCUT2D eigenvalue weighted by Crippen LogP contribution is 2.27. The predicted molar refractivity (Wildman–Crippen MR) is 74.3 cm³/mol. The van der Waals surface area contributed by atoms with Crippen LogP contribution in [0.15, 0.2) is 23.1 Å². The molecule has 2 rings (SSSR count). The first-order chi connectivity index (χ1) is 9.86. The number of rotatable bonds is 3. The van der Waals surface area contributed by atoms with Crippen molar-refractivity contribution < 1.29 is 17.9 Å². The van der Waals surface area contributed by atoms with Crippen LogP contribution in [0.3, 0.4) is 0 Å². The topological polar surface area (TPSA) is 81.4 Å². The van der Waals surface area contributed by atoms with Gasteiger partial charge in [-0.3, -0.25) is 0 Å². The average molecular weight is 312 g/mol. The summed E-state index contributed by atoms with van der Waals surface area (Å²) >= 11 is 0. The van der Waals surface area contributed by atoms with Gasteiger partial charge in [0.25, 0.3) is 0 Å². The fourth-order valence-corrected chi connectivity index (χ4v) is 4.09. The zero-order valence-electron chi connectivity index (χ0n) is 11.7. The summed E-state index contributed by atoms with van der Waals surface area (Å²) in [5.41, 5.74) is 0.0759. The number of sulfonamides is 1. The van der Waals surface area contributed by atoms with Crippen LogP contribution in [0.25, 0.3) is 0 Å². The third-order valence-corrected chi connectivity index (χ3v) is 5.68. The fourth-order valence-electron chi connectivity index (χ4n) is 2.50. The summed E-state index contributed by atoms with van der Waals surface area (Å²) in [5, 5.41) is 18.3. The molecule has 7 heteroatoms. The van der Waals surface area contributed by atoms with E-state index in [0.29, 0.717) is 13.0 Å². The molecule has 0 saturated carbocycles. The van der Waals surface area contributed by atoms with Crippen molar-refractivity contribution in [3.63, 3.8) is 0 Å². The minimum absolute atomic E-state index is 0.0759. The van der Waals surface area contributed by atoms with Crippen molar-refractivity contribution in [2.24, 2.45) is 5.92 Å². The zero-order chi connectivity index (χ0) is 15.6. The average Bonchev–Trinajstić information content (AvgIpc) is 2.46. The quantitative estimate of drug-likeness (QED) is 0.916. The molecule has 5 nitrogen and oxygen atoms in total. The van der Waals surface area contributed by atoms with E-state index >= 15 is 0 Å². The molecule has 0 amide bonds. The number of aliphatic hydroxyl groups is 1. The third-order valence-electron chi connectivity index (χ3n) is 3.78. The van der Waals surface area contributed by atoms with Gasteiger partial charge in [-0.2, -0.15) is 9.57 Å². The minimum Gasteiger partial charge on any atom is -0.393 e. The van der Waals surface area contributed by atoms with Crippen LogP contribution in [0.2, 0.25) is 0 Å². The molecule has 1 saturated heterocycles. The first kappa shape index (κ1) is 15.9. The lowest BCUT2D eigenvalue weighted by atomic mass is 9.95. The highest BCUT2D eigenvalue weighted by molar-refractivity contribution is 7.89. The van der Waals surface area contributed by atoms with Gasteiger partial charge in [-0.05, 0) is 43.9 Å². The Morgan fingerprint density at radius 3 is 2.81 bits per heavy atom. The molecule has 1 fully saturated rings. The van der Waals surface area contributed by atoms with Crippen LogP contribution >= 0.6 is 0 Å². The molecule has 0 spiro atoms. The van der Waals surface area contributed by atoms with E-state index in [1.54, 1.807) is 13.0 Å². The molecule has 0 bridgehead atoms. The van der Waals surface area contributed by atoms with Gasteiger partial charge in [-0.1, -0.05) is 0 Å². The number of piperidine rings is 1. The maximum atomic E-state index is 13.9. The summed E-state index contributed by atoms with van der Waals surface area (Å²) in [7, 11) is -3.95. The Hall–Kier alpha value is -1.49. The Bertz CT molecular complexity index is 667. The summed E-state index contributed by atoms with van der Waals surface area (Å²) in [6.07, 6.45) is 0.778. The molecule has 114 valence electrons. The second-order valence-corrected chi connectivity index (χ2v) is 7.17. The summed E-state index contributed by atoms with van der Waals surface area (Å²) in [6.45, 7) is 2.12. The van der Waals surface area contributed by atoms with E-state index in [2.05, 4.69) is 0 Å². The van der Waals surface area contributed by atoms with Crippen molar-refractivity contribution in [1.29, 1.82) is 5.26 Å². The van der Waals surface area contributed by atoms with E-state index in [1.807, 2.05) is 0 Å². The molecule has 21 heavy (non-hydrogen) atoms. The van der Waals surface area contributed by atoms with Gasteiger partial charge in [0.05, 0.1) is 17.7 Å². The Morgan fingerprint density at radius 1 is 1.52 bits per heavy atom. The first-order valence-corrected chi connectivity index (χ1v) is 8.18. The van der Waals surface area contributed by atoms with E-state index in [1.165, 1.54) is 10.4 Å². The van der Waals surface area contributed by atoms with E-state index in [4.69, 9.17) is 5.26 Å². The molecule has 1 N–H and O–H groups in total. The maximum Gasteiger partial charge on any atom is 0.245 e. The monoisotopic (exact) mass is 312 g/mol. The van der Waals surface area contributed by atoms with Crippen molar-refractivity contribution in [2.45, 2.75) is 30.8 Å². The van der Waals surface area contributed by atoms with Crippen molar-refractivity contribution in [2.75, 3.05) is 13.1 Å². The van der Waals surface area contributed by atoms with Gasteiger partial charge in [0.1, 0.15) is 10.7 Å². The van der Waals surface area contributed by atoms with Crippen molar-refractivity contribution in [3.8, 4) is 6.07 Å². The number of halogens is 1. The highest BCUT2D eigenvalue weighted by atomic mass is 32.2. The van der Waals surface area contributed by atoms with E-state index < -0.39 is 26.8 Å². The van der Waals surface area contributed by atoms with Crippen LogP contribution in [0.1, 0.15) is 25.3 Å². The van der Waals surface area contributed by atoms with Crippen molar-refractivity contribution in [3.05, 3.63) is 29.6 Å². The van der Waals surface area contributed by atoms with Gasteiger partial charge in [-0.15, -0.1) is 0 Å². The smallest absolute Gasteiger partial charge is 0.245 e. The van der Waals surface area contributed by atoms with Crippen LogP contribution in [0.5, 0.6) is 0 Å². The van der Waals surface area contributed by atoms with Crippen LogP contribution in [-0.4, -0.2) is 37.0 Å².